The maximum atomic E-state index is 14.4. The highest BCUT2D eigenvalue weighted by Gasteiger charge is 2.61. The van der Waals surface area contributed by atoms with Gasteiger partial charge in [-0.15, -0.1) is 0 Å². The van der Waals surface area contributed by atoms with Gasteiger partial charge < -0.3 is 10.2 Å². The van der Waals surface area contributed by atoms with Crippen LogP contribution >= 0.6 is 11.6 Å². The molecule has 4 aliphatic carbocycles. The Bertz CT molecular complexity index is 1090. The van der Waals surface area contributed by atoms with Gasteiger partial charge in [0, 0.05) is 52.3 Å². The topological polar surface area (TPSA) is 49.4 Å². The lowest BCUT2D eigenvalue weighted by atomic mass is 9.49. The van der Waals surface area contributed by atoms with E-state index in [1.807, 2.05) is 31.2 Å². The van der Waals surface area contributed by atoms with Gasteiger partial charge in [-0.05, 0) is 99.3 Å². The van der Waals surface area contributed by atoms with Gasteiger partial charge in [0.05, 0.1) is 0 Å². The summed E-state index contributed by atoms with van der Waals surface area (Å²) in [6.45, 7) is 7.81. The monoisotopic (exact) mass is 508 g/mol. The fourth-order valence-corrected chi connectivity index (χ4v) is 9.52. The third-order valence-electron chi connectivity index (χ3n) is 11.3. The molecular weight excluding hydrogens is 468 g/mol. The summed E-state index contributed by atoms with van der Waals surface area (Å²) in [4.78, 5) is 29.1. The number of carbonyl (C=O) groups is 2. The molecular formula is C31H41ClN2O2. The Morgan fingerprint density at radius 2 is 1.72 bits per heavy atom. The number of fused-ring (bicyclic) bond motifs is 5. The lowest BCUT2D eigenvalue weighted by molar-refractivity contribution is -0.130. The number of piperidine rings is 1. The molecule has 0 aromatic heterocycles. The molecule has 4 nitrogen and oxygen atoms in total. The van der Waals surface area contributed by atoms with Crippen LogP contribution in [-0.4, -0.2) is 24.3 Å². The van der Waals surface area contributed by atoms with Gasteiger partial charge in [-0.25, -0.2) is 0 Å². The number of halogens is 1. The van der Waals surface area contributed by atoms with Crippen LogP contribution in [-0.2, 0) is 9.59 Å². The van der Waals surface area contributed by atoms with Crippen molar-refractivity contribution in [1.29, 1.82) is 0 Å². The van der Waals surface area contributed by atoms with E-state index < -0.39 is 0 Å². The molecule has 6 rings (SSSR count). The summed E-state index contributed by atoms with van der Waals surface area (Å²) in [6.07, 6.45) is 10.7. The summed E-state index contributed by atoms with van der Waals surface area (Å²) in [7, 11) is 0. The number of nitrogens with one attached hydrogen (secondary N) is 1. The normalized spacial score (nSPS) is 38.3. The lowest BCUT2D eigenvalue weighted by Crippen LogP contribution is -2.58. The Hall–Kier alpha value is -1.81. The van der Waals surface area contributed by atoms with E-state index >= 15 is 0 Å². The van der Waals surface area contributed by atoms with Crippen molar-refractivity contribution in [2.45, 2.75) is 91.0 Å². The molecule has 1 saturated heterocycles. The van der Waals surface area contributed by atoms with E-state index in [-0.39, 0.29) is 16.7 Å². The van der Waals surface area contributed by atoms with Crippen molar-refractivity contribution < 1.29 is 9.59 Å². The average molecular weight is 509 g/mol. The number of nitrogens with zero attached hydrogens (tertiary/aromatic N) is 1. The SMILES string of the molecule is CC1=C2NCC3C(CC[C@@]4(C)C3CC[C@@H]4C(=O)N(c3ccc(Cl)cc3)C3CCCC3)[C@@]2(C)CCC1=O. The average Bonchev–Trinajstić information content (AvgIpc) is 3.51. The van der Waals surface area contributed by atoms with E-state index in [1.54, 1.807) is 0 Å². The molecule has 3 saturated carbocycles. The van der Waals surface area contributed by atoms with Gasteiger partial charge in [0.1, 0.15) is 0 Å². The zero-order valence-corrected chi connectivity index (χ0v) is 22.9. The van der Waals surface area contributed by atoms with Crippen LogP contribution in [0.25, 0.3) is 0 Å². The molecule has 1 N–H and O–H groups in total. The largest absolute Gasteiger partial charge is 0.387 e. The second kappa shape index (κ2) is 8.89. The van der Waals surface area contributed by atoms with E-state index in [0.29, 0.717) is 41.9 Å². The van der Waals surface area contributed by atoms with Crippen molar-refractivity contribution >= 4 is 29.0 Å². The summed E-state index contributed by atoms with van der Waals surface area (Å²) in [5.41, 5.74) is 3.32. The quantitative estimate of drug-likeness (QED) is 0.482. The number of allylic oxidation sites excluding steroid dienone is 2. The maximum absolute atomic E-state index is 14.4. The highest BCUT2D eigenvalue weighted by atomic mass is 35.5. The minimum Gasteiger partial charge on any atom is -0.387 e. The lowest BCUT2D eigenvalue weighted by Gasteiger charge is -2.58. The number of anilines is 1. The van der Waals surface area contributed by atoms with E-state index in [9.17, 15) is 9.59 Å². The summed E-state index contributed by atoms with van der Waals surface area (Å²) in [6, 6.07) is 8.23. The van der Waals surface area contributed by atoms with Crippen LogP contribution in [0.15, 0.2) is 35.5 Å². The molecule has 6 atom stereocenters. The zero-order chi connectivity index (χ0) is 25.2. The number of amides is 1. The molecule has 1 aliphatic heterocycles. The van der Waals surface area contributed by atoms with Crippen molar-refractivity contribution in [1.82, 2.24) is 5.32 Å². The van der Waals surface area contributed by atoms with E-state index in [2.05, 4.69) is 24.1 Å². The van der Waals surface area contributed by atoms with Gasteiger partial charge in [0.15, 0.2) is 5.78 Å². The summed E-state index contributed by atoms with van der Waals surface area (Å²) < 4.78 is 0. The Morgan fingerprint density at radius 3 is 2.44 bits per heavy atom. The first-order chi connectivity index (χ1) is 17.2. The van der Waals surface area contributed by atoms with Gasteiger partial charge >= 0.3 is 0 Å². The predicted molar refractivity (Wildman–Crippen MR) is 145 cm³/mol. The Labute approximate surface area is 221 Å². The Morgan fingerprint density at radius 1 is 1.00 bits per heavy atom. The highest BCUT2D eigenvalue weighted by molar-refractivity contribution is 6.30. The van der Waals surface area contributed by atoms with Crippen molar-refractivity contribution in [2.75, 3.05) is 11.4 Å². The summed E-state index contributed by atoms with van der Waals surface area (Å²) >= 11 is 6.21. The first kappa shape index (κ1) is 24.5. The van der Waals surface area contributed by atoms with Gasteiger partial charge in [-0.2, -0.15) is 0 Å². The molecule has 194 valence electrons. The minimum absolute atomic E-state index is 0.0420. The number of benzene rings is 1. The molecule has 3 unspecified atom stereocenters. The van der Waals surface area contributed by atoms with Crippen molar-refractivity contribution in [2.24, 2.45) is 34.5 Å². The second-order valence-electron chi connectivity index (χ2n) is 12.9. The molecule has 0 bridgehead atoms. The number of carbonyl (C=O) groups excluding carboxylic acids is 2. The van der Waals surface area contributed by atoms with Crippen LogP contribution in [0.3, 0.4) is 0 Å². The molecule has 5 heteroatoms. The molecule has 1 aromatic rings. The zero-order valence-electron chi connectivity index (χ0n) is 22.1. The molecule has 36 heavy (non-hydrogen) atoms. The fourth-order valence-electron chi connectivity index (χ4n) is 9.40. The molecule has 0 spiro atoms. The Balaban J connectivity index is 1.29. The predicted octanol–water partition coefficient (Wildman–Crippen LogP) is 6.92. The number of ketones is 1. The standard InChI is InChI=1S/C31H41ClN2O2/c1-19-27(35)15-17-31(3)25-14-16-30(2)24(23(25)18-33-28(19)31)12-13-26(30)29(36)34(21-6-4-5-7-21)22-10-8-20(32)9-11-22/h8-11,21,23-26,33H,4-7,12-18H2,1-3H3/t23?,24?,25?,26-,30+,31-/m1/s1. The van der Waals surface area contributed by atoms with E-state index in [0.717, 1.165) is 67.8 Å². The maximum Gasteiger partial charge on any atom is 0.230 e. The van der Waals surface area contributed by atoms with Crippen LogP contribution in [0.1, 0.15) is 85.0 Å². The van der Waals surface area contributed by atoms with Crippen LogP contribution in [0, 0.1) is 34.5 Å². The first-order valence-corrected chi connectivity index (χ1v) is 14.7. The molecule has 5 aliphatic rings. The van der Waals surface area contributed by atoms with Crippen LogP contribution in [0.2, 0.25) is 5.02 Å². The Kier molecular flexibility index (Phi) is 6.06. The molecule has 1 heterocycles. The minimum atomic E-state index is 0.0420. The number of rotatable bonds is 3. The third-order valence-corrected chi connectivity index (χ3v) is 11.6. The van der Waals surface area contributed by atoms with Gasteiger partial charge in [0.2, 0.25) is 5.91 Å². The van der Waals surface area contributed by atoms with Crippen LogP contribution < -0.4 is 10.2 Å². The van der Waals surface area contributed by atoms with Crippen molar-refractivity contribution in [3.05, 3.63) is 40.6 Å². The number of hydrogen-bond acceptors (Lipinski definition) is 3. The van der Waals surface area contributed by atoms with Crippen molar-refractivity contribution in [3.63, 3.8) is 0 Å². The summed E-state index contributed by atoms with van der Waals surface area (Å²) in [5.74, 6) is 2.48. The summed E-state index contributed by atoms with van der Waals surface area (Å²) in [5, 5.41) is 4.48. The van der Waals surface area contributed by atoms with Gasteiger partial charge in [-0.1, -0.05) is 38.3 Å². The van der Waals surface area contributed by atoms with Crippen molar-refractivity contribution in [3.8, 4) is 0 Å². The third kappa shape index (κ3) is 3.61. The highest BCUT2D eigenvalue weighted by Crippen LogP contribution is 2.65. The fraction of sp³-hybridized carbons (Fsp3) is 0.677. The molecule has 1 aromatic carbocycles. The molecule has 0 radical (unpaired) electrons. The number of hydrogen-bond donors (Lipinski definition) is 1. The second-order valence-corrected chi connectivity index (χ2v) is 13.3. The van der Waals surface area contributed by atoms with E-state index in [1.165, 1.54) is 18.5 Å². The number of Topliss-reactive ketones (excluding diaryl/α,β-unsaturated/α-hetero) is 1. The van der Waals surface area contributed by atoms with Gasteiger partial charge in [0.25, 0.3) is 0 Å². The van der Waals surface area contributed by atoms with E-state index in [4.69, 9.17) is 11.6 Å². The first-order valence-electron chi connectivity index (χ1n) is 14.3. The smallest absolute Gasteiger partial charge is 0.230 e. The molecule has 1 amide bonds. The van der Waals surface area contributed by atoms with Gasteiger partial charge in [-0.3, -0.25) is 9.59 Å². The molecule has 4 fully saturated rings. The van der Waals surface area contributed by atoms with Crippen LogP contribution in [0.5, 0.6) is 0 Å². The van der Waals surface area contributed by atoms with Crippen LogP contribution in [0.4, 0.5) is 5.69 Å².